The average molecular weight is 301 g/mol. The van der Waals surface area contributed by atoms with Crippen LogP contribution in [0.15, 0.2) is 24.3 Å². The van der Waals surface area contributed by atoms with Crippen LogP contribution >= 0.6 is 0 Å². The van der Waals surface area contributed by atoms with Crippen molar-refractivity contribution in [3.8, 4) is 5.75 Å². The highest BCUT2D eigenvalue weighted by atomic mass is 32.2. The quantitative estimate of drug-likeness (QED) is 0.827. The second kappa shape index (κ2) is 5.78. The van der Waals surface area contributed by atoms with E-state index in [1.807, 2.05) is 0 Å². The molecule has 20 heavy (non-hydrogen) atoms. The minimum Gasteiger partial charge on any atom is -0.484 e. The Balaban J connectivity index is 1.87. The van der Waals surface area contributed by atoms with E-state index in [1.54, 1.807) is 7.05 Å². The highest BCUT2D eigenvalue weighted by Gasteiger charge is 2.32. The first kappa shape index (κ1) is 14.8. The van der Waals surface area contributed by atoms with Crippen LogP contribution in [0, 0.1) is 5.82 Å². The molecular formula is C13H16FNO4S. The lowest BCUT2D eigenvalue weighted by Gasteiger charge is -2.23. The van der Waals surface area contributed by atoms with Gasteiger partial charge in [0.15, 0.2) is 16.4 Å². The third-order valence-corrected chi connectivity index (χ3v) is 5.08. The van der Waals surface area contributed by atoms with Crippen molar-refractivity contribution >= 4 is 15.7 Å². The smallest absolute Gasteiger partial charge is 0.260 e. The molecule has 1 heterocycles. The number of carbonyl (C=O) groups excluding carboxylic acids is 1. The molecule has 7 heteroatoms. The topological polar surface area (TPSA) is 63.7 Å². The number of rotatable bonds is 4. The SMILES string of the molecule is CN(C(=O)COc1ccc(F)cc1)[C@@H]1CCS(=O)(=O)C1. The van der Waals surface area contributed by atoms with Gasteiger partial charge in [0.2, 0.25) is 0 Å². The molecule has 0 spiro atoms. The number of amides is 1. The number of carbonyl (C=O) groups is 1. The number of sulfone groups is 1. The van der Waals surface area contributed by atoms with Crippen LogP contribution in [0.4, 0.5) is 4.39 Å². The van der Waals surface area contributed by atoms with E-state index in [1.165, 1.54) is 29.2 Å². The number of hydrogen-bond donors (Lipinski definition) is 0. The number of ether oxygens (including phenoxy) is 1. The van der Waals surface area contributed by atoms with Crippen LogP contribution in [0.3, 0.4) is 0 Å². The normalized spacial score (nSPS) is 20.6. The molecule has 0 N–H and O–H groups in total. The predicted octanol–water partition coefficient (Wildman–Crippen LogP) is 0.850. The minimum absolute atomic E-state index is 0.00574. The molecule has 5 nitrogen and oxygen atoms in total. The first-order valence-corrected chi connectivity index (χ1v) is 8.04. The first-order valence-electron chi connectivity index (χ1n) is 6.22. The Hall–Kier alpha value is -1.63. The molecule has 0 unspecified atom stereocenters. The van der Waals surface area contributed by atoms with Crippen molar-refractivity contribution in [2.45, 2.75) is 12.5 Å². The zero-order valence-corrected chi connectivity index (χ0v) is 11.9. The van der Waals surface area contributed by atoms with E-state index in [-0.39, 0.29) is 35.9 Å². The Labute approximate surface area is 117 Å². The van der Waals surface area contributed by atoms with Gasteiger partial charge >= 0.3 is 0 Å². The van der Waals surface area contributed by atoms with E-state index in [2.05, 4.69) is 0 Å². The Bertz CT molecular complexity index is 585. The van der Waals surface area contributed by atoms with Gasteiger partial charge < -0.3 is 9.64 Å². The zero-order valence-electron chi connectivity index (χ0n) is 11.1. The van der Waals surface area contributed by atoms with E-state index in [9.17, 15) is 17.6 Å². The van der Waals surface area contributed by atoms with Gasteiger partial charge in [-0.1, -0.05) is 0 Å². The van der Waals surface area contributed by atoms with E-state index in [4.69, 9.17) is 4.74 Å². The molecular weight excluding hydrogens is 285 g/mol. The number of hydrogen-bond acceptors (Lipinski definition) is 4. The van der Waals surface area contributed by atoms with Crippen molar-refractivity contribution in [1.82, 2.24) is 4.90 Å². The van der Waals surface area contributed by atoms with Gasteiger partial charge in [-0.05, 0) is 30.7 Å². The molecule has 0 radical (unpaired) electrons. The maximum atomic E-state index is 12.7. The Morgan fingerprint density at radius 2 is 2.05 bits per heavy atom. The largest absolute Gasteiger partial charge is 0.484 e. The monoisotopic (exact) mass is 301 g/mol. The molecule has 0 aliphatic carbocycles. The zero-order chi connectivity index (χ0) is 14.8. The summed E-state index contributed by atoms with van der Waals surface area (Å²) in [7, 11) is -1.45. The summed E-state index contributed by atoms with van der Waals surface area (Å²) < 4.78 is 40.7. The fourth-order valence-electron chi connectivity index (χ4n) is 2.06. The third-order valence-electron chi connectivity index (χ3n) is 3.33. The summed E-state index contributed by atoms with van der Waals surface area (Å²) in [6.07, 6.45) is 0.459. The van der Waals surface area contributed by atoms with Gasteiger partial charge in [0.25, 0.3) is 5.91 Å². The Morgan fingerprint density at radius 3 is 2.60 bits per heavy atom. The summed E-state index contributed by atoms with van der Waals surface area (Å²) in [5.74, 6) is -0.152. The molecule has 110 valence electrons. The molecule has 1 aromatic carbocycles. The van der Waals surface area contributed by atoms with Crippen molar-refractivity contribution in [2.24, 2.45) is 0 Å². The van der Waals surface area contributed by atoms with E-state index >= 15 is 0 Å². The lowest BCUT2D eigenvalue weighted by molar-refractivity contribution is -0.133. The first-order chi connectivity index (χ1) is 9.37. The highest BCUT2D eigenvalue weighted by Crippen LogP contribution is 2.17. The van der Waals surface area contributed by atoms with Crippen molar-refractivity contribution < 1.29 is 22.3 Å². The lowest BCUT2D eigenvalue weighted by Crippen LogP contribution is -2.40. The Kier molecular flexibility index (Phi) is 4.27. The van der Waals surface area contributed by atoms with Gasteiger partial charge in [0.1, 0.15) is 11.6 Å². The van der Waals surface area contributed by atoms with Crippen molar-refractivity contribution in [2.75, 3.05) is 25.2 Å². The van der Waals surface area contributed by atoms with Crippen LogP contribution < -0.4 is 4.74 Å². The number of halogens is 1. The molecule has 1 fully saturated rings. The van der Waals surface area contributed by atoms with Gasteiger partial charge in [-0.15, -0.1) is 0 Å². The second-order valence-corrected chi connectivity index (χ2v) is 7.03. The van der Waals surface area contributed by atoms with Gasteiger partial charge in [-0.25, -0.2) is 12.8 Å². The van der Waals surface area contributed by atoms with E-state index in [0.717, 1.165) is 0 Å². The van der Waals surface area contributed by atoms with Crippen LogP contribution in [0.1, 0.15) is 6.42 Å². The average Bonchev–Trinajstić information content (AvgIpc) is 2.77. The second-order valence-electron chi connectivity index (χ2n) is 4.80. The molecule has 1 saturated heterocycles. The van der Waals surface area contributed by atoms with Gasteiger partial charge in [-0.2, -0.15) is 0 Å². The third kappa shape index (κ3) is 3.69. The fourth-order valence-corrected chi connectivity index (χ4v) is 3.84. The summed E-state index contributed by atoms with van der Waals surface area (Å²) in [6.45, 7) is -0.196. The van der Waals surface area contributed by atoms with Gasteiger partial charge in [0, 0.05) is 13.1 Å². The van der Waals surface area contributed by atoms with Crippen LogP contribution in [-0.4, -0.2) is 50.4 Å². The summed E-state index contributed by atoms with van der Waals surface area (Å²) in [4.78, 5) is 13.3. The molecule has 0 saturated carbocycles. The maximum absolute atomic E-state index is 12.7. The van der Waals surface area contributed by atoms with Gasteiger partial charge in [-0.3, -0.25) is 4.79 Å². The van der Waals surface area contributed by atoms with Crippen molar-refractivity contribution in [3.63, 3.8) is 0 Å². The number of likely N-dealkylation sites (N-methyl/N-ethyl adjacent to an activating group) is 1. The summed E-state index contributed by atoms with van der Waals surface area (Å²) in [5, 5.41) is 0. The van der Waals surface area contributed by atoms with Crippen molar-refractivity contribution in [3.05, 3.63) is 30.1 Å². The van der Waals surface area contributed by atoms with Crippen molar-refractivity contribution in [1.29, 1.82) is 0 Å². The molecule has 0 bridgehead atoms. The molecule has 0 aromatic heterocycles. The number of benzene rings is 1. The Morgan fingerprint density at radius 1 is 1.40 bits per heavy atom. The van der Waals surface area contributed by atoms with E-state index < -0.39 is 9.84 Å². The predicted molar refractivity (Wildman–Crippen MR) is 71.7 cm³/mol. The summed E-state index contributed by atoms with van der Waals surface area (Å²) in [5.41, 5.74) is 0. The molecule has 1 amide bonds. The summed E-state index contributed by atoms with van der Waals surface area (Å²) in [6, 6.07) is 5.06. The standard InChI is InChI=1S/C13H16FNO4S/c1-15(11-6-7-20(17,18)9-11)13(16)8-19-12-4-2-10(14)3-5-12/h2-5,11H,6-9H2,1H3/t11-/m1/s1. The lowest BCUT2D eigenvalue weighted by atomic mass is 10.2. The van der Waals surface area contributed by atoms with Crippen LogP contribution in [-0.2, 0) is 14.6 Å². The van der Waals surface area contributed by atoms with Crippen LogP contribution in [0.25, 0.3) is 0 Å². The van der Waals surface area contributed by atoms with Gasteiger partial charge in [0.05, 0.1) is 11.5 Å². The summed E-state index contributed by atoms with van der Waals surface area (Å²) >= 11 is 0. The fraction of sp³-hybridized carbons (Fsp3) is 0.462. The number of nitrogens with zero attached hydrogens (tertiary/aromatic N) is 1. The molecule has 2 rings (SSSR count). The van der Waals surface area contributed by atoms with Crippen LogP contribution in [0.2, 0.25) is 0 Å². The highest BCUT2D eigenvalue weighted by molar-refractivity contribution is 7.91. The minimum atomic E-state index is -3.02. The maximum Gasteiger partial charge on any atom is 0.260 e. The molecule has 1 aliphatic rings. The molecule has 1 aromatic rings. The van der Waals surface area contributed by atoms with E-state index in [0.29, 0.717) is 12.2 Å². The van der Waals surface area contributed by atoms with Crippen LogP contribution in [0.5, 0.6) is 5.75 Å². The molecule has 1 aliphatic heterocycles. The molecule has 1 atom stereocenters.